The summed E-state index contributed by atoms with van der Waals surface area (Å²) < 4.78 is 8.45. The van der Waals surface area contributed by atoms with Crippen molar-refractivity contribution in [2.75, 3.05) is 0 Å². The molecule has 0 saturated heterocycles. The summed E-state index contributed by atoms with van der Waals surface area (Å²) in [6.07, 6.45) is 1.67. The lowest BCUT2D eigenvalue weighted by atomic mass is 10.1. The number of aryl methyl sites for hydroxylation is 3. The molecule has 0 bridgehead atoms. The quantitative estimate of drug-likeness (QED) is 0.528. The van der Waals surface area contributed by atoms with Crippen LogP contribution in [0.25, 0.3) is 17.1 Å². The van der Waals surface area contributed by atoms with E-state index >= 15 is 0 Å². The number of hydrogen-bond donors (Lipinski definition) is 0. The van der Waals surface area contributed by atoms with Gasteiger partial charge in [0.05, 0.1) is 11.0 Å². The van der Waals surface area contributed by atoms with Gasteiger partial charge < -0.3 is 4.74 Å². The lowest BCUT2D eigenvalue weighted by molar-refractivity contribution is -0.129. The summed E-state index contributed by atoms with van der Waals surface area (Å²) in [6.45, 7) is 1.99. The van der Waals surface area contributed by atoms with Crippen LogP contribution in [-0.2, 0) is 23.6 Å². The van der Waals surface area contributed by atoms with E-state index in [0.717, 1.165) is 27.7 Å². The molecule has 3 aromatic rings. The zero-order chi connectivity index (χ0) is 18.4. The van der Waals surface area contributed by atoms with Crippen LogP contribution in [0.3, 0.4) is 0 Å². The van der Waals surface area contributed by atoms with E-state index in [-0.39, 0.29) is 11.4 Å². The average Bonchev–Trinajstić information content (AvgIpc) is 3.09. The summed E-state index contributed by atoms with van der Waals surface area (Å²) in [5.41, 5.74) is 4.42. The second kappa shape index (κ2) is 5.84. The van der Waals surface area contributed by atoms with E-state index in [2.05, 4.69) is 4.99 Å². The molecule has 130 valence electrons. The summed E-state index contributed by atoms with van der Waals surface area (Å²) in [5, 5.41) is 0. The molecule has 0 spiro atoms. The number of fused-ring (bicyclic) bond motifs is 1. The van der Waals surface area contributed by atoms with Crippen LogP contribution in [0.2, 0.25) is 0 Å². The van der Waals surface area contributed by atoms with Gasteiger partial charge in [0.1, 0.15) is 0 Å². The molecule has 1 aliphatic rings. The van der Waals surface area contributed by atoms with E-state index in [1.165, 1.54) is 0 Å². The first-order valence-electron chi connectivity index (χ1n) is 8.19. The largest absolute Gasteiger partial charge is 0.402 e. The van der Waals surface area contributed by atoms with Gasteiger partial charge in [-0.15, -0.1) is 0 Å². The molecule has 0 saturated carbocycles. The fraction of sp³-hybridized carbons (Fsp3) is 0.150. The minimum Gasteiger partial charge on any atom is -0.402 e. The number of imidazole rings is 1. The SMILES string of the molecule is Cc1ccc(C2=N/C(=C/c3ccc4c(c3)n(C)c(=O)n4C)C(=O)O2)cc1. The first-order valence-corrected chi connectivity index (χ1v) is 8.19. The van der Waals surface area contributed by atoms with Gasteiger partial charge in [-0.05, 0) is 42.8 Å². The summed E-state index contributed by atoms with van der Waals surface area (Å²) >= 11 is 0. The molecule has 0 radical (unpaired) electrons. The van der Waals surface area contributed by atoms with Crippen LogP contribution in [0.1, 0.15) is 16.7 Å². The Hall–Kier alpha value is -3.41. The molecule has 26 heavy (non-hydrogen) atoms. The third kappa shape index (κ3) is 2.56. The summed E-state index contributed by atoms with van der Waals surface area (Å²) in [4.78, 5) is 28.5. The highest BCUT2D eigenvalue weighted by molar-refractivity contribution is 6.12. The molecule has 0 unspecified atom stereocenters. The molecule has 0 N–H and O–H groups in total. The number of ether oxygens (including phenoxy) is 1. The Labute approximate surface area is 149 Å². The number of cyclic esters (lactones) is 1. The number of hydrogen-bond acceptors (Lipinski definition) is 4. The lowest BCUT2D eigenvalue weighted by Crippen LogP contribution is -2.19. The molecular weight excluding hydrogens is 330 g/mol. The maximum atomic E-state index is 12.2. The molecule has 6 heteroatoms. The molecule has 0 atom stereocenters. The number of aliphatic imine (C=N–C) groups is 1. The smallest absolute Gasteiger partial charge is 0.363 e. The van der Waals surface area contributed by atoms with Crippen molar-refractivity contribution < 1.29 is 9.53 Å². The number of carbonyl (C=O) groups excluding carboxylic acids is 1. The van der Waals surface area contributed by atoms with Crippen molar-refractivity contribution in [1.82, 2.24) is 9.13 Å². The Morgan fingerprint density at radius 1 is 0.962 bits per heavy atom. The maximum absolute atomic E-state index is 12.2. The second-order valence-electron chi connectivity index (χ2n) is 6.35. The van der Waals surface area contributed by atoms with E-state index < -0.39 is 5.97 Å². The molecule has 4 rings (SSSR count). The number of aromatic nitrogens is 2. The van der Waals surface area contributed by atoms with Gasteiger partial charge >= 0.3 is 11.7 Å². The van der Waals surface area contributed by atoms with Gasteiger partial charge in [-0.1, -0.05) is 23.8 Å². The minimum atomic E-state index is -0.484. The van der Waals surface area contributed by atoms with Crippen molar-refractivity contribution in [2.24, 2.45) is 19.1 Å². The molecule has 1 aliphatic heterocycles. The monoisotopic (exact) mass is 347 g/mol. The third-order valence-electron chi connectivity index (χ3n) is 4.52. The van der Waals surface area contributed by atoms with Gasteiger partial charge in [-0.3, -0.25) is 9.13 Å². The van der Waals surface area contributed by atoms with Crippen LogP contribution >= 0.6 is 0 Å². The summed E-state index contributed by atoms with van der Waals surface area (Å²) in [5.74, 6) is -0.183. The molecular formula is C20H17N3O3. The standard InChI is InChI=1S/C20H17N3O3/c1-12-4-7-14(8-5-12)18-21-15(19(24)26-18)10-13-6-9-16-17(11-13)23(3)20(25)22(16)2/h4-11H,1-3H3/b15-10+. The topological polar surface area (TPSA) is 65.6 Å². The highest BCUT2D eigenvalue weighted by Gasteiger charge is 2.24. The van der Waals surface area contributed by atoms with Crippen molar-refractivity contribution in [2.45, 2.75) is 6.92 Å². The zero-order valence-corrected chi connectivity index (χ0v) is 14.7. The lowest BCUT2D eigenvalue weighted by Gasteiger charge is -1.99. The number of carbonyl (C=O) groups is 1. The van der Waals surface area contributed by atoms with Crippen LogP contribution in [0.5, 0.6) is 0 Å². The molecule has 6 nitrogen and oxygen atoms in total. The van der Waals surface area contributed by atoms with E-state index in [1.807, 2.05) is 49.4 Å². The zero-order valence-electron chi connectivity index (χ0n) is 14.7. The van der Waals surface area contributed by atoms with E-state index in [9.17, 15) is 9.59 Å². The first kappa shape index (κ1) is 16.1. The number of esters is 1. The summed E-state index contributed by atoms with van der Waals surface area (Å²) in [6, 6.07) is 13.2. The van der Waals surface area contributed by atoms with Crippen LogP contribution < -0.4 is 5.69 Å². The van der Waals surface area contributed by atoms with Gasteiger partial charge in [-0.25, -0.2) is 14.6 Å². The highest BCUT2D eigenvalue weighted by Crippen LogP contribution is 2.21. The predicted molar refractivity (Wildman–Crippen MR) is 99.9 cm³/mol. The number of rotatable bonds is 2. The Balaban J connectivity index is 1.74. The van der Waals surface area contributed by atoms with Crippen LogP contribution in [0.4, 0.5) is 0 Å². The third-order valence-corrected chi connectivity index (χ3v) is 4.52. The second-order valence-corrected chi connectivity index (χ2v) is 6.35. The highest BCUT2D eigenvalue weighted by atomic mass is 16.6. The molecule has 2 heterocycles. The Kier molecular flexibility index (Phi) is 3.61. The predicted octanol–water partition coefficient (Wildman–Crippen LogP) is 2.53. The van der Waals surface area contributed by atoms with Crippen molar-refractivity contribution in [3.05, 3.63) is 75.3 Å². The molecule has 0 fully saturated rings. The summed E-state index contributed by atoms with van der Waals surface area (Å²) in [7, 11) is 3.45. The van der Waals surface area contributed by atoms with Crippen LogP contribution in [0, 0.1) is 6.92 Å². The van der Waals surface area contributed by atoms with Gasteiger partial charge in [0, 0.05) is 19.7 Å². The van der Waals surface area contributed by atoms with E-state index in [0.29, 0.717) is 5.90 Å². The van der Waals surface area contributed by atoms with Crippen molar-refractivity contribution >= 4 is 29.0 Å². The van der Waals surface area contributed by atoms with Crippen LogP contribution in [0.15, 0.2) is 57.9 Å². The van der Waals surface area contributed by atoms with Crippen molar-refractivity contribution in [3.63, 3.8) is 0 Å². The van der Waals surface area contributed by atoms with Gasteiger partial charge in [-0.2, -0.15) is 0 Å². The number of benzene rings is 2. The van der Waals surface area contributed by atoms with Gasteiger partial charge in [0.15, 0.2) is 5.70 Å². The minimum absolute atomic E-state index is 0.0928. The fourth-order valence-electron chi connectivity index (χ4n) is 3.00. The van der Waals surface area contributed by atoms with Crippen molar-refractivity contribution in [3.8, 4) is 0 Å². The normalized spacial score (nSPS) is 15.6. The first-order chi connectivity index (χ1) is 12.4. The van der Waals surface area contributed by atoms with E-state index in [4.69, 9.17) is 4.74 Å². The molecule has 2 aromatic carbocycles. The van der Waals surface area contributed by atoms with Crippen molar-refractivity contribution in [1.29, 1.82) is 0 Å². The fourth-order valence-corrected chi connectivity index (χ4v) is 3.00. The average molecular weight is 347 g/mol. The molecule has 0 aliphatic carbocycles. The Bertz CT molecular complexity index is 1160. The number of nitrogens with zero attached hydrogens (tertiary/aromatic N) is 3. The van der Waals surface area contributed by atoms with Crippen LogP contribution in [-0.4, -0.2) is 21.0 Å². The molecule has 1 aromatic heterocycles. The Morgan fingerprint density at radius 3 is 2.38 bits per heavy atom. The van der Waals surface area contributed by atoms with E-state index in [1.54, 1.807) is 29.3 Å². The van der Waals surface area contributed by atoms with Gasteiger partial charge in [0.25, 0.3) is 0 Å². The van der Waals surface area contributed by atoms with Gasteiger partial charge in [0.2, 0.25) is 5.90 Å². The maximum Gasteiger partial charge on any atom is 0.363 e. The molecule has 0 amide bonds. The Morgan fingerprint density at radius 2 is 1.65 bits per heavy atom.